The van der Waals surface area contributed by atoms with Crippen LogP contribution in [0, 0.1) is 0 Å². The van der Waals surface area contributed by atoms with Gasteiger partial charge in [-0.3, -0.25) is 14.6 Å². The number of rotatable bonds is 5. The van der Waals surface area contributed by atoms with Crippen LogP contribution in [0.4, 0.5) is 4.39 Å². The summed E-state index contributed by atoms with van der Waals surface area (Å²) in [5.41, 5.74) is 1.67. The zero-order valence-electron chi connectivity index (χ0n) is 16.1. The van der Waals surface area contributed by atoms with Crippen LogP contribution in [0.5, 0.6) is 11.5 Å². The number of carbonyl (C=O) groups is 2. The lowest BCUT2D eigenvalue weighted by atomic mass is 10.1. The van der Waals surface area contributed by atoms with E-state index in [1.54, 1.807) is 80.1 Å². The zero-order valence-corrected chi connectivity index (χ0v) is 17.3. The average Bonchev–Trinajstić information content (AvgIpc) is 2.74. The minimum Gasteiger partial charge on any atom is -0.457 e. The molecule has 0 fully saturated rings. The van der Waals surface area contributed by atoms with Crippen molar-refractivity contribution in [2.45, 2.75) is 12.3 Å². The van der Waals surface area contributed by atoms with Crippen LogP contribution in [0.3, 0.4) is 0 Å². The Balaban J connectivity index is 0.000000208. The summed E-state index contributed by atoms with van der Waals surface area (Å²) in [5, 5.41) is 1.06. The predicted octanol–water partition coefficient (Wildman–Crippen LogP) is 4.75. The smallest absolute Gasteiger partial charge is 0.251 e. The average molecular weight is 412 g/mol. The fourth-order valence-corrected chi connectivity index (χ4v) is 2.48. The molecule has 2 atom stereocenters. The normalized spacial score (nSPS) is 12.0. The fraction of sp³-hybridized carbons (Fsp3) is 0.136. The second kappa shape index (κ2) is 10.4. The fourth-order valence-electron chi connectivity index (χ4n) is 2.29. The molecule has 0 bridgehead atoms. The predicted molar refractivity (Wildman–Crippen MR) is 114 cm³/mol. The van der Waals surface area contributed by atoms with Crippen molar-refractivity contribution in [3.05, 3.63) is 89.7 Å². The Morgan fingerprint density at radius 2 is 1.76 bits per heavy atom. The van der Waals surface area contributed by atoms with Gasteiger partial charge in [0, 0.05) is 30.6 Å². The Hall–Kier alpha value is -3.11. The molecule has 150 valence electrons. The topological polar surface area (TPSA) is 68.3 Å². The van der Waals surface area contributed by atoms with E-state index in [1.165, 1.54) is 6.92 Å². The molecule has 0 saturated heterocycles. The summed E-state index contributed by atoms with van der Waals surface area (Å²) in [6.45, 7) is 1.45. The number of hydrogen-bond donors (Lipinski definition) is 1. The van der Waals surface area contributed by atoms with Crippen molar-refractivity contribution in [2.24, 2.45) is 0 Å². The minimum absolute atomic E-state index is 0.166. The second-order valence-electron chi connectivity index (χ2n) is 6.21. The van der Waals surface area contributed by atoms with Gasteiger partial charge in [0.05, 0.1) is 0 Å². The third-order valence-electron chi connectivity index (χ3n) is 3.82. The number of benzene rings is 2. The molecule has 2 unspecified atom stereocenters. The number of amides is 1. The summed E-state index contributed by atoms with van der Waals surface area (Å²) in [7, 11) is 3.68. The summed E-state index contributed by atoms with van der Waals surface area (Å²) < 4.78 is 18.9. The second-order valence-corrected chi connectivity index (χ2v) is 7.29. The third kappa shape index (κ3) is 7.09. The molecule has 7 heteroatoms. The van der Waals surface area contributed by atoms with E-state index in [4.69, 9.17) is 4.74 Å². The van der Waals surface area contributed by atoms with Crippen molar-refractivity contribution < 1.29 is 18.7 Å². The third-order valence-corrected chi connectivity index (χ3v) is 4.15. The molecule has 0 spiro atoms. The van der Waals surface area contributed by atoms with Gasteiger partial charge >= 0.3 is 0 Å². The molecule has 3 rings (SSSR count). The van der Waals surface area contributed by atoms with Crippen LogP contribution < -0.4 is 10.1 Å². The quantitative estimate of drug-likeness (QED) is 0.485. The monoisotopic (exact) mass is 412 g/mol. The maximum Gasteiger partial charge on any atom is 0.251 e. The highest BCUT2D eigenvalue weighted by atomic mass is 31.0. The number of ether oxygens (including phenoxy) is 1. The van der Waals surface area contributed by atoms with Gasteiger partial charge in [-0.15, -0.1) is 0 Å². The van der Waals surface area contributed by atoms with Gasteiger partial charge in [-0.25, -0.2) is 4.39 Å². The number of nitrogens with zero attached hydrogens (tertiary/aromatic N) is 1. The van der Waals surface area contributed by atoms with Crippen molar-refractivity contribution in [1.29, 1.82) is 0 Å². The number of alkyl halides is 1. The Morgan fingerprint density at radius 1 is 1.10 bits per heavy atom. The van der Waals surface area contributed by atoms with Crippen molar-refractivity contribution >= 4 is 21.4 Å². The molecule has 1 amide bonds. The summed E-state index contributed by atoms with van der Waals surface area (Å²) in [6.07, 6.45) is 4.09. The molecular weight excluding hydrogens is 390 g/mol. The number of aromatic nitrogens is 1. The Morgan fingerprint density at radius 3 is 2.31 bits per heavy atom. The Kier molecular flexibility index (Phi) is 7.98. The Bertz CT molecular complexity index is 942. The number of pyridine rings is 1. The van der Waals surface area contributed by atoms with E-state index in [0.717, 1.165) is 6.29 Å². The molecule has 0 saturated carbocycles. The summed E-state index contributed by atoms with van der Waals surface area (Å²) in [5.74, 6) is 1.18. The van der Waals surface area contributed by atoms with Gasteiger partial charge in [0.2, 0.25) is 0 Å². The van der Waals surface area contributed by atoms with Crippen molar-refractivity contribution in [3.63, 3.8) is 0 Å². The van der Waals surface area contributed by atoms with Crippen LogP contribution >= 0.6 is 9.24 Å². The maximum absolute atomic E-state index is 13.4. The number of hydrogen-bond acceptors (Lipinski definition) is 4. The molecular formula is C22H22FN2O3P. The van der Waals surface area contributed by atoms with Crippen LogP contribution in [0.25, 0.3) is 0 Å². The number of aldehydes is 1. The van der Waals surface area contributed by atoms with E-state index in [9.17, 15) is 14.0 Å². The van der Waals surface area contributed by atoms with E-state index in [0.29, 0.717) is 28.2 Å². The molecule has 29 heavy (non-hydrogen) atoms. The molecule has 1 N–H and O–H groups in total. The first-order valence-corrected chi connectivity index (χ1v) is 9.34. The molecule has 2 aromatic carbocycles. The van der Waals surface area contributed by atoms with Crippen molar-refractivity contribution in [1.82, 2.24) is 10.3 Å². The molecule has 0 aliphatic heterocycles. The van der Waals surface area contributed by atoms with Crippen molar-refractivity contribution in [2.75, 3.05) is 7.05 Å². The minimum atomic E-state index is -1.44. The molecule has 1 heterocycles. The number of nitrogens with one attached hydrogen (secondary N) is 1. The van der Waals surface area contributed by atoms with Gasteiger partial charge in [-0.05, 0) is 48.9 Å². The van der Waals surface area contributed by atoms with Gasteiger partial charge < -0.3 is 10.1 Å². The van der Waals surface area contributed by atoms with Gasteiger partial charge in [-0.1, -0.05) is 33.5 Å². The van der Waals surface area contributed by atoms with Gasteiger partial charge in [0.1, 0.15) is 23.2 Å². The summed E-state index contributed by atoms with van der Waals surface area (Å²) >= 11 is 0. The van der Waals surface area contributed by atoms with Crippen LogP contribution in [-0.4, -0.2) is 24.2 Å². The molecule has 3 aromatic rings. The first-order chi connectivity index (χ1) is 13.8. The SMILES string of the molecule is CNC(=O)c1ccc(C(C)(F)P)cc1.O=Cc1cccc(Oc2ccncc2)c1. The van der Waals surface area contributed by atoms with Gasteiger partial charge in [0.25, 0.3) is 5.91 Å². The standard InChI is InChI=1S/C12H9NO2.C10H13FNOP/c14-9-10-2-1-3-12(8-10)15-11-4-6-13-7-5-11;1-10(11,14)8-5-3-7(4-6-8)9(13)12-2/h1-9H;3-6H,14H2,1-2H3,(H,12,13). The Labute approximate surface area is 171 Å². The molecule has 0 radical (unpaired) electrons. The van der Waals surface area contributed by atoms with E-state index < -0.39 is 5.41 Å². The number of halogens is 1. The van der Waals surface area contributed by atoms with Crippen LogP contribution in [0.2, 0.25) is 0 Å². The zero-order chi connectivity index (χ0) is 21.3. The maximum atomic E-state index is 13.4. The van der Waals surface area contributed by atoms with Gasteiger partial charge in [-0.2, -0.15) is 0 Å². The highest BCUT2D eigenvalue weighted by Crippen LogP contribution is 2.32. The van der Waals surface area contributed by atoms with Crippen LogP contribution in [0.1, 0.15) is 33.2 Å². The van der Waals surface area contributed by atoms with Crippen molar-refractivity contribution in [3.8, 4) is 11.5 Å². The lowest BCUT2D eigenvalue weighted by molar-refractivity contribution is 0.0962. The van der Waals surface area contributed by atoms with E-state index in [1.807, 2.05) is 0 Å². The van der Waals surface area contributed by atoms with Crippen LogP contribution in [-0.2, 0) is 5.41 Å². The highest BCUT2D eigenvalue weighted by Gasteiger charge is 2.18. The van der Waals surface area contributed by atoms with E-state index >= 15 is 0 Å². The first kappa shape index (κ1) is 22.2. The lowest BCUT2D eigenvalue weighted by Crippen LogP contribution is -2.17. The van der Waals surface area contributed by atoms with Gasteiger partial charge in [0.15, 0.2) is 0 Å². The first-order valence-electron chi connectivity index (χ1n) is 8.77. The summed E-state index contributed by atoms with van der Waals surface area (Å²) in [4.78, 5) is 25.6. The van der Waals surface area contributed by atoms with E-state index in [-0.39, 0.29) is 5.91 Å². The largest absolute Gasteiger partial charge is 0.457 e. The molecule has 0 aliphatic carbocycles. The number of carbonyl (C=O) groups excluding carboxylic acids is 2. The summed E-state index contributed by atoms with van der Waals surface area (Å²) in [6, 6.07) is 16.9. The van der Waals surface area contributed by atoms with E-state index in [2.05, 4.69) is 19.5 Å². The van der Waals surface area contributed by atoms with Crippen LogP contribution in [0.15, 0.2) is 73.1 Å². The molecule has 1 aromatic heterocycles. The molecule has 5 nitrogen and oxygen atoms in total. The molecule has 0 aliphatic rings. The highest BCUT2D eigenvalue weighted by molar-refractivity contribution is 7.18. The lowest BCUT2D eigenvalue weighted by Gasteiger charge is -2.14.